The van der Waals surface area contributed by atoms with Gasteiger partial charge in [-0.2, -0.15) is 0 Å². The lowest BCUT2D eigenvalue weighted by atomic mass is 9.77. The van der Waals surface area contributed by atoms with Crippen molar-refractivity contribution in [3.63, 3.8) is 0 Å². The molecule has 4 rings (SSSR count). The highest BCUT2D eigenvalue weighted by atomic mass is 35.5. The number of allylic oxidation sites excluding steroid dienone is 2. The second kappa shape index (κ2) is 5.80. The lowest BCUT2D eigenvalue weighted by Crippen LogP contribution is -2.29. The van der Waals surface area contributed by atoms with Crippen LogP contribution < -0.4 is 5.32 Å². The summed E-state index contributed by atoms with van der Waals surface area (Å²) in [6.07, 6.45) is 5.24. The van der Waals surface area contributed by atoms with Gasteiger partial charge >= 0.3 is 0 Å². The van der Waals surface area contributed by atoms with Gasteiger partial charge in [0.25, 0.3) is 5.69 Å². The Kier molecular flexibility index (Phi) is 3.74. The summed E-state index contributed by atoms with van der Waals surface area (Å²) in [4.78, 5) is 10.7. The SMILES string of the molecule is O=[N+]([O-])c1cccc([C@@H]2Nc3cc(Cl)cc(Cl)c3[C@@H]3C=CC[C@@H]32)c1. The Morgan fingerprint density at radius 3 is 2.83 bits per heavy atom. The van der Waals surface area contributed by atoms with Gasteiger partial charge in [0, 0.05) is 39.3 Å². The molecule has 0 fully saturated rings. The van der Waals surface area contributed by atoms with Crippen LogP contribution in [-0.2, 0) is 0 Å². The molecule has 1 aliphatic carbocycles. The Morgan fingerprint density at radius 1 is 1.21 bits per heavy atom. The van der Waals surface area contributed by atoms with Crippen LogP contribution in [0.15, 0.2) is 48.6 Å². The van der Waals surface area contributed by atoms with Gasteiger partial charge < -0.3 is 5.32 Å². The van der Waals surface area contributed by atoms with Gasteiger partial charge in [-0.15, -0.1) is 0 Å². The molecule has 2 aromatic rings. The summed E-state index contributed by atoms with van der Waals surface area (Å²) in [5, 5.41) is 15.8. The summed E-state index contributed by atoms with van der Waals surface area (Å²) in [6, 6.07) is 10.4. The van der Waals surface area contributed by atoms with Gasteiger partial charge in [-0.25, -0.2) is 0 Å². The van der Waals surface area contributed by atoms with Crippen molar-refractivity contribution in [3.8, 4) is 0 Å². The van der Waals surface area contributed by atoms with Crippen LogP contribution in [0.1, 0.15) is 29.5 Å². The van der Waals surface area contributed by atoms with E-state index >= 15 is 0 Å². The molecule has 0 amide bonds. The first-order chi connectivity index (χ1) is 11.5. The van der Waals surface area contributed by atoms with E-state index in [4.69, 9.17) is 23.2 Å². The zero-order chi connectivity index (χ0) is 16.8. The van der Waals surface area contributed by atoms with Crippen molar-refractivity contribution in [2.45, 2.75) is 18.4 Å². The predicted octanol–water partition coefficient (Wildman–Crippen LogP) is 5.73. The van der Waals surface area contributed by atoms with Gasteiger partial charge in [0.05, 0.1) is 11.0 Å². The number of nitro benzene ring substituents is 1. The summed E-state index contributed by atoms with van der Waals surface area (Å²) >= 11 is 12.6. The fourth-order valence-corrected chi connectivity index (χ4v) is 4.42. The van der Waals surface area contributed by atoms with Crippen LogP contribution in [0.4, 0.5) is 11.4 Å². The van der Waals surface area contributed by atoms with Crippen LogP contribution in [0.3, 0.4) is 0 Å². The number of rotatable bonds is 2. The number of non-ortho nitro benzene ring substituents is 1. The molecule has 0 spiro atoms. The molecule has 0 unspecified atom stereocenters. The first-order valence-corrected chi connectivity index (χ1v) is 8.46. The van der Waals surface area contributed by atoms with Crippen LogP contribution in [0.25, 0.3) is 0 Å². The van der Waals surface area contributed by atoms with E-state index in [9.17, 15) is 10.1 Å². The fourth-order valence-electron chi connectivity index (χ4n) is 3.81. The number of fused-ring (bicyclic) bond motifs is 3. The Labute approximate surface area is 149 Å². The third-order valence-corrected chi connectivity index (χ3v) is 5.35. The number of nitrogens with zero attached hydrogens (tertiary/aromatic N) is 1. The summed E-state index contributed by atoms with van der Waals surface area (Å²) in [5.74, 6) is 0.466. The summed E-state index contributed by atoms with van der Waals surface area (Å²) in [6.45, 7) is 0. The van der Waals surface area contributed by atoms with E-state index < -0.39 is 0 Å². The molecule has 1 heterocycles. The van der Waals surface area contributed by atoms with Gasteiger partial charge in [0.2, 0.25) is 0 Å². The molecule has 2 aromatic carbocycles. The third kappa shape index (κ3) is 2.46. The van der Waals surface area contributed by atoms with E-state index in [0.29, 0.717) is 10.0 Å². The maximum atomic E-state index is 11.1. The maximum Gasteiger partial charge on any atom is 0.269 e. The second-order valence-corrected chi connectivity index (χ2v) is 7.02. The maximum absolute atomic E-state index is 11.1. The third-order valence-electron chi connectivity index (χ3n) is 4.82. The second-order valence-electron chi connectivity index (χ2n) is 6.18. The highest BCUT2D eigenvalue weighted by Crippen LogP contribution is 2.52. The quantitative estimate of drug-likeness (QED) is 0.422. The molecular formula is C18H14Cl2N2O2. The van der Waals surface area contributed by atoms with E-state index in [-0.39, 0.29) is 28.5 Å². The van der Waals surface area contributed by atoms with Crippen LogP contribution >= 0.6 is 23.2 Å². The van der Waals surface area contributed by atoms with Gasteiger partial charge in [-0.1, -0.05) is 47.5 Å². The zero-order valence-corrected chi connectivity index (χ0v) is 14.1. The summed E-state index contributed by atoms with van der Waals surface area (Å²) in [5.41, 5.74) is 2.97. The Bertz CT molecular complexity index is 866. The number of halogens is 2. The van der Waals surface area contributed by atoms with Gasteiger partial charge in [-0.05, 0) is 30.0 Å². The average molecular weight is 361 g/mol. The normalized spacial score (nSPS) is 24.2. The minimum absolute atomic E-state index is 0.0214. The number of hydrogen-bond donors (Lipinski definition) is 1. The molecule has 2 aliphatic rings. The molecule has 1 N–H and O–H groups in total. The predicted molar refractivity (Wildman–Crippen MR) is 95.9 cm³/mol. The molecule has 0 aromatic heterocycles. The van der Waals surface area contributed by atoms with Crippen molar-refractivity contribution < 1.29 is 4.92 Å². The van der Waals surface area contributed by atoms with E-state index in [0.717, 1.165) is 23.2 Å². The minimum atomic E-state index is -0.363. The van der Waals surface area contributed by atoms with Crippen molar-refractivity contribution >= 4 is 34.6 Å². The van der Waals surface area contributed by atoms with Gasteiger partial charge in [0.15, 0.2) is 0 Å². The number of nitro groups is 1. The van der Waals surface area contributed by atoms with E-state index in [1.54, 1.807) is 18.2 Å². The van der Waals surface area contributed by atoms with Crippen molar-refractivity contribution in [1.29, 1.82) is 0 Å². The molecular weight excluding hydrogens is 347 g/mol. The summed E-state index contributed by atoms with van der Waals surface area (Å²) in [7, 11) is 0. The highest BCUT2D eigenvalue weighted by molar-refractivity contribution is 6.35. The monoisotopic (exact) mass is 360 g/mol. The number of nitrogens with one attached hydrogen (secondary N) is 1. The van der Waals surface area contributed by atoms with Gasteiger partial charge in [0.1, 0.15) is 0 Å². The van der Waals surface area contributed by atoms with Gasteiger partial charge in [-0.3, -0.25) is 10.1 Å². The standard InChI is InChI=1S/C18H14Cl2N2O2/c19-11-8-15(20)17-13-5-2-6-14(13)18(21-16(17)9-11)10-3-1-4-12(7-10)22(23)24/h1-5,7-9,13-14,18,21H,6H2/t13-,14+,18+/m1/s1. The molecule has 0 bridgehead atoms. The molecule has 0 saturated heterocycles. The molecule has 1 aliphatic heterocycles. The average Bonchev–Trinajstić information content (AvgIpc) is 3.02. The zero-order valence-electron chi connectivity index (χ0n) is 12.6. The van der Waals surface area contributed by atoms with Crippen LogP contribution in [-0.4, -0.2) is 4.92 Å². The minimum Gasteiger partial charge on any atom is -0.378 e. The Morgan fingerprint density at radius 2 is 2.04 bits per heavy atom. The topological polar surface area (TPSA) is 55.2 Å². The molecule has 6 heteroatoms. The molecule has 4 nitrogen and oxygen atoms in total. The van der Waals surface area contributed by atoms with Crippen LogP contribution in [0.5, 0.6) is 0 Å². The lowest BCUT2D eigenvalue weighted by molar-refractivity contribution is -0.384. The Balaban J connectivity index is 1.81. The molecule has 3 atom stereocenters. The molecule has 0 saturated carbocycles. The fraction of sp³-hybridized carbons (Fsp3) is 0.222. The van der Waals surface area contributed by atoms with Crippen molar-refractivity contribution in [2.75, 3.05) is 5.32 Å². The first-order valence-electron chi connectivity index (χ1n) is 7.71. The lowest BCUT2D eigenvalue weighted by Gasteiger charge is -2.38. The highest BCUT2D eigenvalue weighted by Gasteiger charge is 2.39. The number of anilines is 1. The molecule has 24 heavy (non-hydrogen) atoms. The summed E-state index contributed by atoms with van der Waals surface area (Å²) < 4.78 is 0. The van der Waals surface area contributed by atoms with E-state index in [1.165, 1.54) is 6.07 Å². The Hall–Kier alpha value is -2.04. The number of hydrogen-bond acceptors (Lipinski definition) is 3. The van der Waals surface area contributed by atoms with Crippen molar-refractivity contribution in [2.24, 2.45) is 5.92 Å². The van der Waals surface area contributed by atoms with Crippen molar-refractivity contribution in [3.05, 3.63) is 79.8 Å². The van der Waals surface area contributed by atoms with E-state index in [1.807, 2.05) is 12.1 Å². The smallest absolute Gasteiger partial charge is 0.269 e. The molecule has 0 radical (unpaired) electrons. The number of benzene rings is 2. The molecule has 122 valence electrons. The van der Waals surface area contributed by atoms with Crippen LogP contribution in [0, 0.1) is 16.0 Å². The van der Waals surface area contributed by atoms with E-state index in [2.05, 4.69) is 17.5 Å². The first kappa shape index (κ1) is 15.5. The largest absolute Gasteiger partial charge is 0.378 e. The van der Waals surface area contributed by atoms with Crippen molar-refractivity contribution in [1.82, 2.24) is 0 Å². The van der Waals surface area contributed by atoms with Crippen LogP contribution in [0.2, 0.25) is 10.0 Å².